The number of halogens is 4. The van der Waals surface area contributed by atoms with E-state index in [1.165, 1.54) is 0 Å². The fraction of sp³-hybridized carbons (Fsp3) is 0.0698. The highest BCUT2D eigenvalue weighted by atomic mass is 35.5. The molecule has 0 fully saturated rings. The predicted octanol–water partition coefficient (Wildman–Crippen LogP) is 6.54. The van der Waals surface area contributed by atoms with Crippen LogP contribution in [0.2, 0.25) is 20.1 Å². The third-order valence-electron chi connectivity index (χ3n) is 8.60. The molecule has 0 bridgehead atoms. The Morgan fingerprint density at radius 1 is 0.646 bits per heavy atom. The third kappa shape index (κ3) is 13.3. The van der Waals surface area contributed by atoms with Crippen molar-refractivity contribution in [3.8, 4) is 18.1 Å². The summed E-state index contributed by atoms with van der Waals surface area (Å²) in [6.45, 7) is 0. The molecular weight excluding hydrogens is 920 g/mol. The lowest BCUT2D eigenvalue weighted by molar-refractivity contribution is -0.131. The second-order valence-corrected chi connectivity index (χ2v) is 14.8. The molecule has 3 heterocycles. The molecule has 0 unspecified atom stereocenters. The van der Waals surface area contributed by atoms with Crippen LogP contribution in [-0.4, -0.2) is 56.7 Å². The van der Waals surface area contributed by atoms with Gasteiger partial charge in [0.15, 0.2) is 0 Å². The summed E-state index contributed by atoms with van der Waals surface area (Å²) in [4.78, 5) is 72.4. The van der Waals surface area contributed by atoms with Crippen molar-refractivity contribution in [3.05, 3.63) is 195 Å². The fourth-order valence-electron chi connectivity index (χ4n) is 5.56. The number of aromatic amines is 1. The Morgan fingerprint density at radius 3 is 1.72 bits per heavy atom. The molecular formula is C43H29Cl4N13O5. The van der Waals surface area contributed by atoms with Crippen LogP contribution in [0.4, 0.5) is 17.6 Å². The number of amides is 1. The molecule has 65 heavy (non-hydrogen) atoms. The summed E-state index contributed by atoms with van der Waals surface area (Å²) in [5.74, 6) is -0.878. The Kier molecular flexibility index (Phi) is 15.6. The number of anilines is 3. The van der Waals surface area contributed by atoms with E-state index in [0.717, 1.165) is 28.5 Å². The first-order valence-electron chi connectivity index (χ1n) is 18.7. The molecule has 0 atom stereocenters. The van der Waals surface area contributed by atoms with Gasteiger partial charge in [-0.05, 0) is 77.4 Å². The van der Waals surface area contributed by atoms with Gasteiger partial charge in [0.25, 0.3) is 23.0 Å². The standard InChI is InChI=1S/C22H16Cl2N6O3.C21H13Cl2N7O2/c23-16-2-1-3-17(24)15(16)11-19-26-18(10-13-4-6-14(12-25)7-5-13)27-22(28-19)30-29-20(31)8-9-21(32)33;22-15-2-1-3-16(23)14(15)10-17-26-20(25-13-6-4-12(11-24)5-7-13)28-21(27-17)30-19(32)9-8-18(31)29-30/h1-9H,10-11H2,(H,29,31)(H,32,33)(H,26,27,28,30);1-9H,10H2,(H,29,31)(H,25,26,27,28)/b9-8+;. The molecule has 0 radical (unpaired) electrons. The smallest absolute Gasteiger partial charge is 0.328 e. The van der Waals surface area contributed by atoms with Crippen molar-refractivity contribution in [2.24, 2.45) is 0 Å². The number of nitriles is 2. The third-order valence-corrected chi connectivity index (χ3v) is 10.0. The van der Waals surface area contributed by atoms with E-state index < -0.39 is 23.0 Å². The molecule has 0 aliphatic heterocycles. The molecule has 0 aliphatic rings. The Labute approximate surface area is 387 Å². The molecule has 324 valence electrons. The monoisotopic (exact) mass is 947 g/mol. The quantitative estimate of drug-likeness (QED) is 0.0607. The Morgan fingerprint density at radius 2 is 1.17 bits per heavy atom. The van der Waals surface area contributed by atoms with Gasteiger partial charge in [-0.25, -0.2) is 9.78 Å². The number of hydrogen-bond donors (Lipinski definition) is 5. The van der Waals surface area contributed by atoms with Crippen LogP contribution in [0.5, 0.6) is 0 Å². The molecule has 0 aliphatic carbocycles. The number of aliphatic carboxylic acids is 1. The number of nitrogens with one attached hydrogen (secondary N) is 4. The molecule has 3 aromatic heterocycles. The van der Waals surface area contributed by atoms with Crippen molar-refractivity contribution in [1.29, 1.82) is 10.5 Å². The number of H-pyrrole nitrogens is 1. The van der Waals surface area contributed by atoms with Crippen LogP contribution in [0.3, 0.4) is 0 Å². The van der Waals surface area contributed by atoms with Gasteiger partial charge in [-0.15, -0.1) is 0 Å². The van der Waals surface area contributed by atoms with E-state index in [2.05, 4.69) is 57.2 Å². The topological polar surface area (TPSA) is 270 Å². The molecule has 5 N–H and O–H groups in total. The number of carboxylic acids is 1. The molecule has 0 saturated heterocycles. The van der Waals surface area contributed by atoms with Gasteiger partial charge >= 0.3 is 5.97 Å². The Hall–Kier alpha value is -8.00. The van der Waals surface area contributed by atoms with Gasteiger partial charge in [-0.3, -0.25) is 30.3 Å². The van der Waals surface area contributed by atoms with Crippen LogP contribution >= 0.6 is 46.4 Å². The lowest BCUT2D eigenvalue weighted by Gasteiger charge is -2.11. The molecule has 18 nitrogen and oxygen atoms in total. The van der Waals surface area contributed by atoms with E-state index >= 15 is 0 Å². The molecule has 0 spiro atoms. The van der Waals surface area contributed by atoms with Gasteiger partial charge in [0, 0.05) is 69.3 Å². The lowest BCUT2D eigenvalue weighted by Crippen LogP contribution is -2.29. The van der Waals surface area contributed by atoms with E-state index in [4.69, 9.17) is 62.0 Å². The van der Waals surface area contributed by atoms with Gasteiger partial charge in [-0.1, -0.05) is 70.7 Å². The van der Waals surface area contributed by atoms with E-state index in [-0.39, 0.29) is 36.5 Å². The van der Waals surface area contributed by atoms with Crippen LogP contribution in [-0.2, 0) is 28.9 Å². The molecule has 1 amide bonds. The fourth-order valence-corrected chi connectivity index (χ4v) is 6.62. The SMILES string of the molecule is N#Cc1ccc(Cc2nc(Cc3c(Cl)cccc3Cl)nc(NNC(=O)/C=C/C(=O)O)n2)cc1.N#Cc1ccc(Nc2nc(Cc3c(Cl)cccc3Cl)nc(-n3[nH]c(=O)ccc3=O)n2)cc1. The van der Waals surface area contributed by atoms with E-state index in [1.807, 2.05) is 6.07 Å². The van der Waals surface area contributed by atoms with Crippen molar-refractivity contribution >= 4 is 75.9 Å². The zero-order valence-electron chi connectivity index (χ0n) is 33.1. The van der Waals surface area contributed by atoms with Gasteiger partial charge in [-0.2, -0.15) is 40.1 Å². The summed E-state index contributed by atoms with van der Waals surface area (Å²) in [5, 5.41) is 33.7. The lowest BCUT2D eigenvalue weighted by atomic mass is 10.1. The van der Waals surface area contributed by atoms with Crippen molar-refractivity contribution in [2.45, 2.75) is 19.3 Å². The minimum absolute atomic E-state index is 0.0453. The number of benzene rings is 4. The van der Waals surface area contributed by atoms with E-state index in [9.17, 15) is 19.2 Å². The number of carbonyl (C=O) groups is 2. The number of carboxylic acid groups (broad SMARTS) is 1. The summed E-state index contributed by atoms with van der Waals surface area (Å²) in [6.07, 6.45) is 2.24. The maximum atomic E-state index is 12.3. The van der Waals surface area contributed by atoms with Crippen molar-refractivity contribution in [3.63, 3.8) is 0 Å². The number of carbonyl (C=O) groups excluding carboxylic acids is 1. The Balaban J connectivity index is 0.000000215. The van der Waals surface area contributed by atoms with E-state index in [0.29, 0.717) is 72.2 Å². The predicted molar refractivity (Wildman–Crippen MR) is 241 cm³/mol. The highest BCUT2D eigenvalue weighted by Gasteiger charge is 2.16. The molecule has 7 aromatic rings. The second kappa shape index (κ2) is 21.9. The zero-order chi connectivity index (χ0) is 46.5. The van der Waals surface area contributed by atoms with E-state index in [1.54, 1.807) is 84.9 Å². The van der Waals surface area contributed by atoms with Crippen LogP contribution in [0, 0.1) is 22.7 Å². The summed E-state index contributed by atoms with van der Waals surface area (Å²) in [7, 11) is 0. The number of rotatable bonds is 13. The van der Waals surface area contributed by atoms with Crippen LogP contribution < -0.4 is 27.3 Å². The largest absolute Gasteiger partial charge is 0.478 e. The molecule has 22 heteroatoms. The van der Waals surface area contributed by atoms with Crippen LogP contribution in [0.15, 0.2) is 119 Å². The highest BCUT2D eigenvalue weighted by molar-refractivity contribution is 6.36. The average Bonchev–Trinajstić information content (AvgIpc) is 3.29. The summed E-state index contributed by atoms with van der Waals surface area (Å²) >= 11 is 25.1. The normalized spacial score (nSPS) is 10.6. The summed E-state index contributed by atoms with van der Waals surface area (Å²) in [5.41, 5.74) is 7.56. The molecule has 4 aromatic carbocycles. The number of hydrogen-bond acceptors (Lipinski definition) is 14. The van der Waals surface area contributed by atoms with Crippen molar-refractivity contribution in [1.82, 2.24) is 45.1 Å². The average molecular weight is 950 g/mol. The number of nitrogens with zero attached hydrogens (tertiary/aromatic N) is 9. The number of aromatic nitrogens is 8. The summed E-state index contributed by atoms with van der Waals surface area (Å²) in [6, 6.07) is 30.2. The molecule has 0 saturated carbocycles. The highest BCUT2D eigenvalue weighted by Crippen LogP contribution is 2.28. The van der Waals surface area contributed by atoms with Crippen molar-refractivity contribution < 1.29 is 14.7 Å². The van der Waals surface area contributed by atoms with Gasteiger partial charge in [0.1, 0.15) is 17.5 Å². The zero-order valence-corrected chi connectivity index (χ0v) is 36.2. The maximum Gasteiger partial charge on any atom is 0.328 e. The van der Waals surface area contributed by atoms with Gasteiger partial charge < -0.3 is 10.4 Å². The number of hydrazine groups is 1. The van der Waals surface area contributed by atoms with Crippen LogP contribution in [0.1, 0.15) is 45.3 Å². The molecule has 7 rings (SSSR count). The van der Waals surface area contributed by atoms with Gasteiger partial charge in [0.2, 0.25) is 11.9 Å². The van der Waals surface area contributed by atoms with Crippen molar-refractivity contribution in [2.75, 3.05) is 10.7 Å². The first-order chi connectivity index (χ1) is 31.3. The minimum atomic E-state index is -1.26. The van der Waals surface area contributed by atoms with Gasteiger partial charge in [0.05, 0.1) is 23.3 Å². The van der Waals surface area contributed by atoms with Crippen LogP contribution in [0.25, 0.3) is 5.95 Å². The first kappa shape index (κ1) is 46.5. The Bertz CT molecular complexity index is 3090. The minimum Gasteiger partial charge on any atom is -0.478 e. The summed E-state index contributed by atoms with van der Waals surface area (Å²) < 4.78 is 0.922. The second-order valence-electron chi connectivity index (χ2n) is 13.2. The first-order valence-corrected chi connectivity index (χ1v) is 20.2. The maximum absolute atomic E-state index is 12.3.